The summed E-state index contributed by atoms with van der Waals surface area (Å²) in [6, 6.07) is 9.02. The van der Waals surface area contributed by atoms with E-state index < -0.39 is 0 Å². The van der Waals surface area contributed by atoms with Gasteiger partial charge >= 0.3 is 0 Å². The van der Waals surface area contributed by atoms with Gasteiger partial charge in [0.2, 0.25) is 0 Å². The van der Waals surface area contributed by atoms with E-state index in [4.69, 9.17) is 0 Å². The average molecular weight is 371 g/mol. The van der Waals surface area contributed by atoms with Crippen LogP contribution in [0, 0.1) is 0 Å². The molecule has 27 heavy (non-hydrogen) atoms. The van der Waals surface area contributed by atoms with Gasteiger partial charge in [0.1, 0.15) is 0 Å². The summed E-state index contributed by atoms with van der Waals surface area (Å²) in [4.78, 5) is 17.7. The zero-order valence-electron chi connectivity index (χ0n) is 17.5. The molecule has 150 valence electrons. The van der Waals surface area contributed by atoms with Crippen LogP contribution in [0.25, 0.3) is 0 Å². The average Bonchev–Trinajstić information content (AvgIpc) is 3.42. The molecule has 4 rings (SSSR count). The van der Waals surface area contributed by atoms with E-state index in [2.05, 4.69) is 34.1 Å². The Morgan fingerprint density at radius 1 is 0.852 bits per heavy atom. The third-order valence-electron chi connectivity index (χ3n) is 6.54. The molecule has 3 nitrogen and oxygen atoms in total. The molecule has 2 saturated heterocycles. The first-order chi connectivity index (χ1) is 13.3. The van der Waals surface area contributed by atoms with E-state index in [-0.39, 0.29) is 5.91 Å². The van der Waals surface area contributed by atoms with Crippen LogP contribution in [0.3, 0.4) is 0 Å². The summed E-state index contributed by atoms with van der Waals surface area (Å²) in [6.45, 7) is 8.44. The highest BCUT2D eigenvalue weighted by molar-refractivity contribution is 5.94. The fourth-order valence-corrected chi connectivity index (χ4v) is 5.06. The van der Waals surface area contributed by atoms with Crippen molar-refractivity contribution in [3.05, 3.63) is 35.4 Å². The second kappa shape index (κ2) is 10.3. The van der Waals surface area contributed by atoms with Crippen molar-refractivity contribution in [1.29, 1.82) is 0 Å². The minimum Gasteiger partial charge on any atom is -0.334 e. The molecule has 1 aromatic rings. The first kappa shape index (κ1) is 20.4. The molecule has 1 amide bonds. The number of rotatable bonds is 4. The van der Waals surface area contributed by atoms with E-state index in [9.17, 15) is 4.79 Å². The largest absolute Gasteiger partial charge is 0.334 e. The number of hydrogen-bond donors (Lipinski definition) is 0. The molecule has 3 fully saturated rings. The van der Waals surface area contributed by atoms with Crippen molar-refractivity contribution < 1.29 is 4.79 Å². The zero-order chi connectivity index (χ0) is 19.1. The highest BCUT2D eigenvalue weighted by Crippen LogP contribution is 2.33. The maximum absolute atomic E-state index is 13.0. The summed E-state index contributed by atoms with van der Waals surface area (Å²) >= 11 is 0. The number of benzene rings is 1. The molecule has 1 atom stereocenters. The maximum Gasteiger partial charge on any atom is 0.254 e. The molecule has 1 aromatic carbocycles. The number of likely N-dealkylation sites (tertiary alicyclic amines) is 2. The summed E-state index contributed by atoms with van der Waals surface area (Å²) < 4.78 is 0. The van der Waals surface area contributed by atoms with Crippen molar-refractivity contribution in [3.8, 4) is 0 Å². The third-order valence-corrected chi connectivity index (χ3v) is 6.54. The highest BCUT2D eigenvalue weighted by Gasteiger charge is 2.31. The van der Waals surface area contributed by atoms with Crippen molar-refractivity contribution in [2.75, 3.05) is 26.2 Å². The van der Waals surface area contributed by atoms with E-state index in [1.165, 1.54) is 70.0 Å². The van der Waals surface area contributed by atoms with Crippen LogP contribution in [-0.4, -0.2) is 47.9 Å². The molecule has 1 saturated carbocycles. The Balaban J connectivity index is 0.00000102. The van der Waals surface area contributed by atoms with E-state index in [0.29, 0.717) is 12.0 Å². The van der Waals surface area contributed by atoms with Crippen molar-refractivity contribution in [1.82, 2.24) is 9.80 Å². The van der Waals surface area contributed by atoms with Gasteiger partial charge < -0.3 is 9.80 Å². The van der Waals surface area contributed by atoms with E-state index in [1.807, 2.05) is 13.8 Å². The quantitative estimate of drug-likeness (QED) is 0.702. The molecule has 2 heterocycles. The van der Waals surface area contributed by atoms with Crippen LogP contribution in [0.1, 0.15) is 93.5 Å². The second-order valence-electron chi connectivity index (χ2n) is 8.26. The molecular weight excluding hydrogens is 332 g/mol. The number of amides is 1. The highest BCUT2D eigenvalue weighted by atomic mass is 16.2. The zero-order valence-corrected chi connectivity index (χ0v) is 17.5. The van der Waals surface area contributed by atoms with Crippen LogP contribution in [-0.2, 0) is 0 Å². The van der Waals surface area contributed by atoms with Crippen molar-refractivity contribution in [2.45, 2.75) is 83.6 Å². The lowest BCUT2D eigenvalue weighted by atomic mass is 9.84. The van der Waals surface area contributed by atoms with Gasteiger partial charge in [0.15, 0.2) is 0 Å². The van der Waals surface area contributed by atoms with Gasteiger partial charge in [-0.15, -0.1) is 0 Å². The lowest BCUT2D eigenvalue weighted by Gasteiger charge is -2.29. The van der Waals surface area contributed by atoms with Gasteiger partial charge in [-0.1, -0.05) is 45.2 Å². The predicted molar refractivity (Wildman–Crippen MR) is 113 cm³/mol. The smallest absolute Gasteiger partial charge is 0.254 e. The molecule has 2 aliphatic heterocycles. The second-order valence-corrected chi connectivity index (χ2v) is 8.26. The molecule has 3 aliphatic rings. The predicted octanol–water partition coefficient (Wildman–Crippen LogP) is 5.46. The molecule has 1 unspecified atom stereocenters. The van der Waals surface area contributed by atoms with Gasteiger partial charge in [0, 0.05) is 24.7 Å². The monoisotopic (exact) mass is 370 g/mol. The molecule has 0 radical (unpaired) electrons. The van der Waals surface area contributed by atoms with E-state index in [0.717, 1.165) is 25.1 Å². The molecular formula is C24H38N2O. The van der Waals surface area contributed by atoms with Gasteiger partial charge in [0.05, 0.1) is 0 Å². The summed E-state index contributed by atoms with van der Waals surface area (Å²) in [7, 11) is 0. The molecule has 0 aromatic heterocycles. The van der Waals surface area contributed by atoms with Gasteiger partial charge in [-0.3, -0.25) is 4.79 Å². The van der Waals surface area contributed by atoms with Crippen molar-refractivity contribution in [3.63, 3.8) is 0 Å². The number of hydrogen-bond acceptors (Lipinski definition) is 2. The van der Waals surface area contributed by atoms with Crippen LogP contribution in [0.4, 0.5) is 0 Å². The van der Waals surface area contributed by atoms with Crippen LogP contribution in [0.2, 0.25) is 0 Å². The van der Waals surface area contributed by atoms with Crippen LogP contribution in [0.5, 0.6) is 0 Å². The Bertz CT molecular complexity index is 571. The fraction of sp³-hybridized carbons (Fsp3) is 0.708. The SMILES string of the molecule is CC.O=C(c1ccc(C2CCCCC2)cc1)N1CCCC1CN1CCCC1. The van der Waals surface area contributed by atoms with Crippen molar-refractivity contribution >= 4 is 5.91 Å². The van der Waals surface area contributed by atoms with E-state index in [1.54, 1.807) is 0 Å². The van der Waals surface area contributed by atoms with Gasteiger partial charge in [0.25, 0.3) is 5.91 Å². The molecule has 0 bridgehead atoms. The third kappa shape index (κ3) is 5.13. The van der Waals surface area contributed by atoms with Crippen molar-refractivity contribution in [2.24, 2.45) is 0 Å². The summed E-state index contributed by atoms with van der Waals surface area (Å²) in [5, 5.41) is 0. The van der Waals surface area contributed by atoms with Gasteiger partial charge in [-0.05, 0) is 75.2 Å². The van der Waals surface area contributed by atoms with Crippen LogP contribution < -0.4 is 0 Å². The lowest BCUT2D eigenvalue weighted by molar-refractivity contribution is 0.0708. The Kier molecular flexibility index (Phi) is 7.75. The Labute approximate surface area is 166 Å². The number of carbonyl (C=O) groups is 1. The summed E-state index contributed by atoms with van der Waals surface area (Å²) in [5.74, 6) is 0.962. The number of carbonyl (C=O) groups excluding carboxylic acids is 1. The van der Waals surface area contributed by atoms with E-state index >= 15 is 0 Å². The van der Waals surface area contributed by atoms with Gasteiger partial charge in [-0.2, -0.15) is 0 Å². The van der Waals surface area contributed by atoms with Gasteiger partial charge in [-0.25, -0.2) is 0 Å². The summed E-state index contributed by atoms with van der Waals surface area (Å²) in [6.07, 6.45) is 11.7. The maximum atomic E-state index is 13.0. The molecule has 0 spiro atoms. The first-order valence-corrected chi connectivity index (χ1v) is 11.4. The Morgan fingerprint density at radius 3 is 2.19 bits per heavy atom. The molecule has 3 heteroatoms. The Hall–Kier alpha value is -1.35. The Morgan fingerprint density at radius 2 is 1.52 bits per heavy atom. The first-order valence-electron chi connectivity index (χ1n) is 11.4. The standard InChI is InChI=1S/C22H32N2O.C2H6/c25-22(24-16-6-9-21(24)17-23-14-4-5-15-23)20-12-10-19(11-13-20)18-7-2-1-3-8-18;1-2/h10-13,18,21H,1-9,14-17H2;1-2H3. The molecule has 0 N–H and O–H groups in total. The topological polar surface area (TPSA) is 23.6 Å². The molecule has 1 aliphatic carbocycles. The minimum absolute atomic E-state index is 0.247. The summed E-state index contributed by atoms with van der Waals surface area (Å²) in [5.41, 5.74) is 2.32. The fourth-order valence-electron chi connectivity index (χ4n) is 5.06. The van der Waals surface area contributed by atoms with Crippen LogP contribution in [0.15, 0.2) is 24.3 Å². The minimum atomic E-state index is 0.247. The van der Waals surface area contributed by atoms with Crippen LogP contribution >= 0.6 is 0 Å². The normalized spacial score (nSPS) is 23.9. The number of nitrogens with zero attached hydrogens (tertiary/aromatic N) is 2. The lowest BCUT2D eigenvalue weighted by Crippen LogP contribution is -2.42.